The molecule has 0 radical (unpaired) electrons. The van der Waals surface area contributed by atoms with Crippen molar-refractivity contribution in [3.8, 4) is 0 Å². The second-order valence-corrected chi connectivity index (χ2v) is 6.50. The monoisotopic (exact) mass is 306 g/mol. The van der Waals surface area contributed by atoms with Crippen LogP contribution in [0.25, 0.3) is 0 Å². The Morgan fingerprint density at radius 2 is 1.81 bits per heavy atom. The number of rotatable bonds is 6. The standard InChI is InChI=1S/C14H15N2O4P/c17-14(18)13(12-4-2-1-3-5-12)16-21(19,20)10-11-6-8-15-9-7-11/h1-9,13H,10H2,(H,17,18)(H2,16,19,20). The normalized spacial score (nSPS) is 15.1. The van der Waals surface area contributed by atoms with Gasteiger partial charge in [0.15, 0.2) is 0 Å². The van der Waals surface area contributed by atoms with Crippen molar-refractivity contribution in [1.29, 1.82) is 0 Å². The summed E-state index contributed by atoms with van der Waals surface area (Å²) in [7, 11) is -3.85. The minimum absolute atomic E-state index is 0.161. The van der Waals surface area contributed by atoms with Crippen molar-refractivity contribution in [2.75, 3.05) is 0 Å². The molecule has 0 saturated carbocycles. The summed E-state index contributed by atoms with van der Waals surface area (Å²) >= 11 is 0. The Morgan fingerprint density at radius 3 is 2.38 bits per heavy atom. The molecule has 0 amide bonds. The molecule has 2 rings (SSSR count). The van der Waals surface area contributed by atoms with Gasteiger partial charge in [0.05, 0.1) is 6.16 Å². The Morgan fingerprint density at radius 1 is 1.19 bits per heavy atom. The molecule has 2 atom stereocenters. The van der Waals surface area contributed by atoms with E-state index in [4.69, 9.17) is 0 Å². The third-order valence-electron chi connectivity index (χ3n) is 2.86. The maximum Gasteiger partial charge on any atom is 0.325 e. The molecule has 0 saturated heterocycles. The van der Waals surface area contributed by atoms with Crippen molar-refractivity contribution in [1.82, 2.24) is 10.1 Å². The molecular weight excluding hydrogens is 291 g/mol. The Kier molecular flexibility index (Phi) is 4.85. The summed E-state index contributed by atoms with van der Waals surface area (Å²) in [5.41, 5.74) is 1.04. The molecule has 110 valence electrons. The van der Waals surface area contributed by atoms with Crippen LogP contribution >= 0.6 is 7.52 Å². The third kappa shape index (κ3) is 4.49. The second kappa shape index (κ2) is 6.63. The summed E-state index contributed by atoms with van der Waals surface area (Å²) in [4.78, 5) is 25.2. The van der Waals surface area contributed by atoms with Crippen molar-refractivity contribution in [3.05, 3.63) is 66.0 Å². The number of carbonyl (C=O) groups is 1. The summed E-state index contributed by atoms with van der Waals surface area (Å²) in [6.07, 6.45) is 2.87. The highest BCUT2D eigenvalue weighted by Gasteiger charge is 2.29. The van der Waals surface area contributed by atoms with Crippen molar-refractivity contribution in [3.63, 3.8) is 0 Å². The molecule has 0 fully saturated rings. The number of aliphatic carboxylic acids is 1. The lowest BCUT2D eigenvalue weighted by Gasteiger charge is -2.19. The van der Waals surface area contributed by atoms with E-state index in [0.717, 1.165) is 0 Å². The van der Waals surface area contributed by atoms with Crippen molar-refractivity contribution >= 4 is 13.5 Å². The molecule has 1 aromatic carbocycles. The Hall–Kier alpha value is -2.01. The van der Waals surface area contributed by atoms with E-state index in [2.05, 4.69) is 10.1 Å². The van der Waals surface area contributed by atoms with E-state index < -0.39 is 19.5 Å². The smallest absolute Gasteiger partial charge is 0.325 e. The van der Waals surface area contributed by atoms with Gasteiger partial charge in [-0.05, 0) is 23.3 Å². The SMILES string of the molecule is O=C(O)C(NP(=O)(O)Cc1ccncc1)c1ccccc1. The quantitative estimate of drug-likeness (QED) is 0.707. The first kappa shape index (κ1) is 15.4. The van der Waals surface area contributed by atoms with Crippen LogP contribution in [0.2, 0.25) is 0 Å². The van der Waals surface area contributed by atoms with Gasteiger partial charge in [-0.3, -0.25) is 14.3 Å². The summed E-state index contributed by atoms with van der Waals surface area (Å²) in [6.45, 7) is 0. The molecule has 3 N–H and O–H groups in total. The van der Waals surface area contributed by atoms with Crippen LogP contribution < -0.4 is 5.09 Å². The molecule has 0 aliphatic rings. The highest BCUT2D eigenvalue weighted by molar-refractivity contribution is 7.55. The number of pyridine rings is 1. The Balaban J connectivity index is 2.16. The summed E-state index contributed by atoms with van der Waals surface area (Å²) < 4.78 is 12.2. The first-order valence-electron chi connectivity index (χ1n) is 6.24. The molecule has 0 bridgehead atoms. The van der Waals surface area contributed by atoms with Gasteiger partial charge in [-0.2, -0.15) is 0 Å². The van der Waals surface area contributed by atoms with Gasteiger partial charge in [-0.15, -0.1) is 0 Å². The van der Waals surface area contributed by atoms with Crippen molar-refractivity contribution in [2.24, 2.45) is 0 Å². The lowest BCUT2D eigenvalue weighted by molar-refractivity contribution is -0.139. The molecule has 6 nitrogen and oxygen atoms in total. The molecule has 0 aliphatic heterocycles. The number of carboxylic acids is 1. The van der Waals surface area contributed by atoms with Crippen LogP contribution in [-0.4, -0.2) is 21.0 Å². The summed E-state index contributed by atoms with van der Waals surface area (Å²) in [5.74, 6) is -1.20. The molecule has 2 unspecified atom stereocenters. The average molecular weight is 306 g/mol. The highest BCUT2D eigenvalue weighted by Crippen LogP contribution is 2.42. The lowest BCUT2D eigenvalue weighted by Crippen LogP contribution is -2.26. The van der Waals surface area contributed by atoms with Gasteiger partial charge >= 0.3 is 5.97 Å². The molecule has 0 spiro atoms. The van der Waals surface area contributed by atoms with Gasteiger partial charge < -0.3 is 10.00 Å². The van der Waals surface area contributed by atoms with E-state index in [9.17, 15) is 19.4 Å². The third-order valence-corrected chi connectivity index (χ3v) is 4.31. The van der Waals surface area contributed by atoms with E-state index in [0.29, 0.717) is 11.1 Å². The molecular formula is C14H15N2O4P. The van der Waals surface area contributed by atoms with E-state index in [1.807, 2.05) is 0 Å². The number of benzene rings is 1. The maximum absolute atomic E-state index is 12.2. The number of aromatic nitrogens is 1. The fourth-order valence-corrected chi connectivity index (χ4v) is 3.36. The number of carboxylic acid groups (broad SMARTS) is 1. The number of hydrogen-bond acceptors (Lipinski definition) is 3. The fraction of sp³-hybridized carbons (Fsp3) is 0.143. The summed E-state index contributed by atoms with van der Waals surface area (Å²) in [6, 6.07) is 10.3. The minimum Gasteiger partial charge on any atom is -0.480 e. The van der Waals surface area contributed by atoms with E-state index in [1.165, 1.54) is 12.4 Å². The Labute approximate surface area is 122 Å². The largest absolute Gasteiger partial charge is 0.480 e. The zero-order valence-corrected chi connectivity index (χ0v) is 12.0. The van der Waals surface area contributed by atoms with Crippen LogP contribution in [0.1, 0.15) is 17.2 Å². The van der Waals surface area contributed by atoms with Gasteiger partial charge in [0.2, 0.25) is 0 Å². The van der Waals surface area contributed by atoms with Gasteiger partial charge in [-0.25, -0.2) is 5.09 Å². The predicted octanol–water partition coefficient (Wildman–Crippen LogP) is 2.18. The van der Waals surface area contributed by atoms with E-state index >= 15 is 0 Å². The molecule has 1 heterocycles. The molecule has 0 aliphatic carbocycles. The lowest BCUT2D eigenvalue weighted by atomic mass is 10.1. The summed E-state index contributed by atoms with van der Waals surface area (Å²) in [5, 5.41) is 11.6. The molecule has 2 aromatic rings. The van der Waals surface area contributed by atoms with Crippen molar-refractivity contribution in [2.45, 2.75) is 12.2 Å². The zero-order valence-electron chi connectivity index (χ0n) is 11.1. The second-order valence-electron chi connectivity index (χ2n) is 4.53. The van der Waals surface area contributed by atoms with Gasteiger partial charge in [0.25, 0.3) is 7.52 Å². The highest BCUT2D eigenvalue weighted by atomic mass is 31.2. The number of nitrogens with zero attached hydrogens (tertiary/aromatic N) is 1. The van der Waals surface area contributed by atoms with Gasteiger partial charge in [0, 0.05) is 12.4 Å². The van der Waals surface area contributed by atoms with Crippen LogP contribution in [0, 0.1) is 0 Å². The first-order chi connectivity index (χ1) is 9.98. The fourth-order valence-electron chi connectivity index (χ4n) is 1.90. The van der Waals surface area contributed by atoms with Crippen LogP contribution in [-0.2, 0) is 15.5 Å². The van der Waals surface area contributed by atoms with Crippen LogP contribution in [0.3, 0.4) is 0 Å². The molecule has 21 heavy (non-hydrogen) atoms. The van der Waals surface area contributed by atoms with Gasteiger partial charge in [0.1, 0.15) is 6.04 Å². The van der Waals surface area contributed by atoms with Crippen LogP contribution in [0.4, 0.5) is 0 Å². The zero-order chi connectivity index (χ0) is 15.3. The topological polar surface area (TPSA) is 99.5 Å². The average Bonchev–Trinajstić information content (AvgIpc) is 2.46. The maximum atomic E-state index is 12.2. The van der Waals surface area contributed by atoms with Gasteiger partial charge in [-0.1, -0.05) is 30.3 Å². The van der Waals surface area contributed by atoms with Crippen LogP contribution in [0.5, 0.6) is 0 Å². The molecule has 7 heteroatoms. The Bertz CT molecular complexity index is 649. The van der Waals surface area contributed by atoms with Crippen molar-refractivity contribution < 1.29 is 19.4 Å². The predicted molar refractivity (Wildman–Crippen MR) is 77.7 cm³/mol. The molecule has 1 aromatic heterocycles. The van der Waals surface area contributed by atoms with E-state index in [-0.39, 0.29) is 6.16 Å². The first-order valence-corrected chi connectivity index (χ1v) is 8.09. The minimum atomic E-state index is -3.85. The van der Waals surface area contributed by atoms with Crippen LogP contribution in [0.15, 0.2) is 54.9 Å². The number of nitrogens with one attached hydrogen (secondary N) is 1. The van der Waals surface area contributed by atoms with E-state index in [1.54, 1.807) is 42.5 Å². The number of hydrogen-bond donors (Lipinski definition) is 3.